The fourth-order valence-electron chi connectivity index (χ4n) is 3.68. The Morgan fingerprint density at radius 3 is 2.93 bits per heavy atom. The topological polar surface area (TPSA) is 75.0 Å². The molecule has 1 aromatic carbocycles. The fraction of sp³-hybridized carbons (Fsp3) is 0.238. The predicted molar refractivity (Wildman–Crippen MR) is 110 cm³/mol. The van der Waals surface area contributed by atoms with Gasteiger partial charge in [-0.2, -0.15) is 0 Å². The molecular weight excluding hydrogens is 360 g/mol. The van der Waals surface area contributed by atoms with Crippen LogP contribution in [0.4, 0.5) is 5.82 Å². The number of H-pyrrole nitrogens is 1. The summed E-state index contributed by atoms with van der Waals surface area (Å²) >= 11 is 6.32. The Bertz CT molecular complexity index is 1050. The molecule has 3 N–H and O–H groups in total. The van der Waals surface area contributed by atoms with E-state index in [-0.39, 0.29) is 0 Å². The molecule has 0 unspecified atom stereocenters. The van der Waals surface area contributed by atoms with E-state index in [0.717, 1.165) is 25.9 Å². The van der Waals surface area contributed by atoms with E-state index in [1.54, 1.807) is 6.07 Å². The van der Waals surface area contributed by atoms with Crippen LogP contribution in [0.2, 0.25) is 5.02 Å². The van der Waals surface area contributed by atoms with Crippen molar-refractivity contribution in [2.24, 2.45) is 5.73 Å². The predicted octanol–water partition coefficient (Wildman–Crippen LogP) is 4.17. The maximum atomic E-state index is 11.3. The first-order valence-electron chi connectivity index (χ1n) is 9.07. The van der Waals surface area contributed by atoms with E-state index in [0.29, 0.717) is 16.4 Å². The molecule has 0 radical (unpaired) electrons. The van der Waals surface area contributed by atoms with Crippen molar-refractivity contribution in [2.75, 3.05) is 18.0 Å². The third-order valence-corrected chi connectivity index (χ3v) is 5.42. The van der Waals surface area contributed by atoms with Crippen LogP contribution in [0.3, 0.4) is 0 Å². The van der Waals surface area contributed by atoms with Crippen LogP contribution in [0.5, 0.6) is 0 Å². The quantitative estimate of drug-likeness (QED) is 0.713. The maximum absolute atomic E-state index is 11.3. The SMILES string of the molecule is CCc1cccc2c(C3=CCN(c4ncc(C(N)=O)cc4Cl)CC3)c[nH]c12. The summed E-state index contributed by atoms with van der Waals surface area (Å²) in [4.78, 5) is 21.2. The zero-order valence-electron chi connectivity index (χ0n) is 15.1. The lowest BCUT2D eigenvalue weighted by atomic mass is 9.97. The number of halogens is 1. The van der Waals surface area contributed by atoms with Gasteiger partial charge in [0.1, 0.15) is 5.82 Å². The van der Waals surface area contributed by atoms with Gasteiger partial charge in [-0.3, -0.25) is 4.79 Å². The first kappa shape index (κ1) is 17.6. The van der Waals surface area contributed by atoms with Crippen LogP contribution in [0.1, 0.15) is 34.8 Å². The van der Waals surface area contributed by atoms with Crippen molar-refractivity contribution in [3.8, 4) is 0 Å². The summed E-state index contributed by atoms with van der Waals surface area (Å²) in [6.07, 6.45) is 7.73. The van der Waals surface area contributed by atoms with Crippen molar-refractivity contribution in [3.63, 3.8) is 0 Å². The maximum Gasteiger partial charge on any atom is 0.250 e. The molecule has 6 heteroatoms. The number of carbonyl (C=O) groups is 1. The van der Waals surface area contributed by atoms with E-state index in [2.05, 4.69) is 52.3 Å². The minimum absolute atomic E-state index is 0.322. The number of amides is 1. The van der Waals surface area contributed by atoms with Crippen molar-refractivity contribution in [3.05, 3.63) is 64.4 Å². The number of hydrogen-bond acceptors (Lipinski definition) is 3. The monoisotopic (exact) mass is 380 g/mol. The number of aromatic amines is 1. The van der Waals surface area contributed by atoms with Gasteiger partial charge in [-0.05, 0) is 30.0 Å². The number of rotatable bonds is 4. The molecule has 1 aliphatic rings. The summed E-state index contributed by atoms with van der Waals surface area (Å²) in [5.74, 6) is 0.159. The van der Waals surface area contributed by atoms with Crippen molar-refractivity contribution < 1.29 is 4.79 Å². The van der Waals surface area contributed by atoms with E-state index in [9.17, 15) is 4.79 Å². The van der Waals surface area contributed by atoms with Gasteiger partial charge in [0.2, 0.25) is 5.91 Å². The Labute approximate surface area is 162 Å². The highest BCUT2D eigenvalue weighted by atomic mass is 35.5. The molecule has 0 saturated heterocycles. The number of anilines is 1. The highest BCUT2D eigenvalue weighted by molar-refractivity contribution is 6.33. The van der Waals surface area contributed by atoms with Gasteiger partial charge in [-0.1, -0.05) is 42.8 Å². The molecule has 4 rings (SSSR count). The number of aromatic nitrogens is 2. The van der Waals surface area contributed by atoms with Gasteiger partial charge in [-0.25, -0.2) is 4.98 Å². The molecular formula is C21H21ClN4O. The van der Waals surface area contributed by atoms with Gasteiger partial charge in [0.05, 0.1) is 10.6 Å². The number of aryl methyl sites for hydroxylation is 1. The van der Waals surface area contributed by atoms with Crippen LogP contribution in [0.15, 0.2) is 42.7 Å². The number of fused-ring (bicyclic) bond motifs is 1. The lowest BCUT2D eigenvalue weighted by Gasteiger charge is -2.28. The highest BCUT2D eigenvalue weighted by Crippen LogP contribution is 2.33. The minimum Gasteiger partial charge on any atom is -0.366 e. The number of carbonyl (C=O) groups excluding carboxylic acids is 1. The molecule has 2 aromatic heterocycles. The molecule has 27 heavy (non-hydrogen) atoms. The van der Waals surface area contributed by atoms with Gasteiger partial charge in [0, 0.05) is 41.9 Å². The van der Waals surface area contributed by atoms with Crippen molar-refractivity contribution in [2.45, 2.75) is 19.8 Å². The second kappa shape index (κ2) is 7.08. The number of pyridine rings is 1. The summed E-state index contributed by atoms with van der Waals surface area (Å²) in [5, 5.41) is 1.72. The van der Waals surface area contributed by atoms with Gasteiger partial charge >= 0.3 is 0 Å². The van der Waals surface area contributed by atoms with Crippen LogP contribution in [-0.2, 0) is 6.42 Å². The summed E-state index contributed by atoms with van der Waals surface area (Å²) in [5.41, 5.74) is 10.8. The summed E-state index contributed by atoms with van der Waals surface area (Å²) in [6.45, 7) is 3.71. The Morgan fingerprint density at radius 2 is 2.26 bits per heavy atom. The zero-order chi connectivity index (χ0) is 19.0. The Kier molecular flexibility index (Phi) is 4.62. The van der Waals surface area contributed by atoms with Gasteiger partial charge in [0.15, 0.2) is 0 Å². The van der Waals surface area contributed by atoms with Gasteiger partial charge in [0.25, 0.3) is 0 Å². The lowest BCUT2D eigenvalue weighted by molar-refractivity contribution is 0.1000. The second-order valence-corrected chi connectivity index (χ2v) is 7.12. The Hall–Kier alpha value is -2.79. The zero-order valence-corrected chi connectivity index (χ0v) is 15.9. The van der Waals surface area contributed by atoms with E-state index in [4.69, 9.17) is 17.3 Å². The molecule has 3 aromatic rings. The second-order valence-electron chi connectivity index (χ2n) is 6.71. The summed E-state index contributed by atoms with van der Waals surface area (Å²) in [7, 11) is 0. The molecule has 0 atom stereocenters. The summed E-state index contributed by atoms with van der Waals surface area (Å²) < 4.78 is 0. The lowest BCUT2D eigenvalue weighted by Crippen LogP contribution is -2.29. The molecule has 0 spiro atoms. The molecule has 5 nitrogen and oxygen atoms in total. The van der Waals surface area contributed by atoms with Crippen molar-refractivity contribution in [1.82, 2.24) is 9.97 Å². The van der Waals surface area contributed by atoms with E-state index < -0.39 is 5.91 Å². The van der Waals surface area contributed by atoms with E-state index in [1.807, 2.05) is 0 Å². The number of para-hydroxylation sites is 1. The smallest absolute Gasteiger partial charge is 0.250 e. The number of nitrogens with zero attached hydrogens (tertiary/aromatic N) is 2. The Morgan fingerprint density at radius 1 is 1.41 bits per heavy atom. The number of nitrogens with two attached hydrogens (primary N) is 1. The van der Waals surface area contributed by atoms with Gasteiger partial charge < -0.3 is 15.6 Å². The number of benzene rings is 1. The highest BCUT2D eigenvalue weighted by Gasteiger charge is 2.19. The van der Waals surface area contributed by atoms with Crippen LogP contribution in [-0.4, -0.2) is 29.0 Å². The number of nitrogens with one attached hydrogen (secondary N) is 1. The van der Waals surface area contributed by atoms with Gasteiger partial charge in [-0.15, -0.1) is 0 Å². The molecule has 3 heterocycles. The first-order chi connectivity index (χ1) is 13.1. The molecule has 138 valence electrons. The molecule has 1 aliphatic heterocycles. The first-order valence-corrected chi connectivity index (χ1v) is 9.45. The average Bonchev–Trinajstić information content (AvgIpc) is 3.12. The van der Waals surface area contributed by atoms with Crippen molar-refractivity contribution in [1.29, 1.82) is 0 Å². The fourth-order valence-corrected chi connectivity index (χ4v) is 3.97. The molecule has 1 amide bonds. The van der Waals surface area contributed by atoms with Crippen LogP contribution in [0, 0.1) is 0 Å². The molecule has 0 fully saturated rings. The Balaban J connectivity index is 1.60. The third-order valence-electron chi connectivity index (χ3n) is 5.14. The number of primary amides is 1. The van der Waals surface area contributed by atoms with Crippen molar-refractivity contribution >= 4 is 39.8 Å². The largest absolute Gasteiger partial charge is 0.366 e. The number of hydrogen-bond donors (Lipinski definition) is 2. The van der Waals surface area contributed by atoms with Crippen LogP contribution in [0.25, 0.3) is 16.5 Å². The van der Waals surface area contributed by atoms with Crippen LogP contribution < -0.4 is 10.6 Å². The van der Waals surface area contributed by atoms with Crippen LogP contribution >= 0.6 is 11.6 Å². The third kappa shape index (κ3) is 3.19. The standard InChI is InChI=1S/C21H21ClN4O/c1-2-13-4-3-5-16-17(12-24-19(13)16)14-6-8-26(9-7-14)21-18(22)10-15(11-25-21)20(23)27/h3-6,10-12,24H,2,7-9H2,1H3,(H2,23,27). The van der Waals surface area contributed by atoms with E-state index in [1.165, 1.54) is 33.8 Å². The average molecular weight is 381 g/mol. The normalized spacial score (nSPS) is 14.4. The molecule has 0 aliphatic carbocycles. The summed E-state index contributed by atoms with van der Waals surface area (Å²) in [6, 6.07) is 8.05. The molecule has 0 saturated carbocycles. The molecule has 0 bridgehead atoms. The van der Waals surface area contributed by atoms with E-state index >= 15 is 0 Å². The minimum atomic E-state index is -0.525.